The third-order valence-corrected chi connectivity index (χ3v) is 4.28. The van der Waals surface area contributed by atoms with Crippen molar-refractivity contribution in [2.75, 3.05) is 39.8 Å². The summed E-state index contributed by atoms with van der Waals surface area (Å²) in [6.45, 7) is 4.90. The van der Waals surface area contributed by atoms with Gasteiger partial charge in [-0.25, -0.2) is 0 Å². The minimum atomic E-state index is -0.602. The molecule has 0 saturated carbocycles. The van der Waals surface area contributed by atoms with Gasteiger partial charge in [0.05, 0.1) is 23.3 Å². The molecule has 1 fully saturated rings. The zero-order valence-electron chi connectivity index (χ0n) is 11.5. The minimum absolute atomic E-state index is 0.432. The normalized spacial score (nSPS) is 18.0. The predicted octanol–water partition coefficient (Wildman–Crippen LogP) is 2.33. The number of nitrogens with one attached hydrogen (secondary N) is 1. The number of hydrogen-bond donors (Lipinski definition) is 2. The maximum Gasteiger partial charge on any atom is 0.126 e. The quantitative estimate of drug-likeness (QED) is 0.874. The van der Waals surface area contributed by atoms with E-state index in [-0.39, 0.29) is 0 Å². The van der Waals surface area contributed by atoms with Crippen LogP contribution in [0.5, 0.6) is 5.75 Å². The van der Waals surface area contributed by atoms with Crippen LogP contribution in [0, 0.1) is 0 Å². The lowest BCUT2D eigenvalue weighted by molar-refractivity contribution is 0.134. The Labute approximate surface area is 129 Å². The Hall–Kier alpha value is -0.520. The zero-order chi connectivity index (χ0) is 14.5. The standard InChI is InChI=1S/C14H20Cl2N2O2/c1-20-14-9-12(16)11(15)8-10(14)13(19)2-5-18-6-3-17-4-7-18/h8-9,13,17,19H,2-7H2,1H3. The molecule has 2 N–H and O–H groups in total. The Morgan fingerprint density at radius 3 is 2.60 bits per heavy atom. The van der Waals surface area contributed by atoms with Gasteiger partial charge in [0.2, 0.25) is 0 Å². The number of methoxy groups -OCH3 is 1. The van der Waals surface area contributed by atoms with Crippen LogP contribution in [-0.4, -0.2) is 49.8 Å². The van der Waals surface area contributed by atoms with Crippen molar-refractivity contribution >= 4 is 23.2 Å². The van der Waals surface area contributed by atoms with Gasteiger partial charge in [0, 0.05) is 44.4 Å². The number of benzene rings is 1. The van der Waals surface area contributed by atoms with Crippen LogP contribution in [0.25, 0.3) is 0 Å². The first-order chi connectivity index (χ1) is 9.61. The number of piperazine rings is 1. The van der Waals surface area contributed by atoms with Crippen LogP contribution in [0.3, 0.4) is 0 Å². The first kappa shape index (κ1) is 15.9. The Bertz CT molecular complexity index is 451. The van der Waals surface area contributed by atoms with E-state index in [4.69, 9.17) is 27.9 Å². The van der Waals surface area contributed by atoms with E-state index in [1.54, 1.807) is 19.2 Å². The predicted molar refractivity (Wildman–Crippen MR) is 81.9 cm³/mol. The van der Waals surface area contributed by atoms with Gasteiger partial charge >= 0.3 is 0 Å². The molecule has 1 heterocycles. The molecule has 0 spiro atoms. The van der Waals surface area contributed by atoms with Gasteiger partial charge in [-0.1, -0.05) is 23.2 Å². The summed E-state index contributed by atoms with van der Waals surface area (Å²) in [4.78, 5) is 2.34. The topological polar surface area (TPSA) is 44.7 Å². The molecule has 4 nitrogen and oxygen atoms in total. The molecule has 112 valence electrons. The monoisotopic (exact) mass is 318 g/mol. The lowest BCUT2D eigenvalue weighted by atomic mass is 10.0. The molecule has 0 amide bonds. The second-order valence-corrected chi connectivity index (χ2v) is 5.72. The van der Waals surface area contributed by atoms with E-state index in [1.807, 2.05) is 0 Å². The van der Waals surface area contributed by atoms with Crippen molar-refractivity contribution in [3.05, 3.63) is 27.7 Å². The number of aliphatic hydroxyl groups excluding tert-OH is 1. The Morgan fingerprint density at radius 2 is 1.95 bits per heavy atom. The average molecular weight is 319 g/mol. The number of halogens is 2. The van der Waals surface area contributed by atoms with Gasteiger partial charge < -0.3 is 20.1 Å². The summed E-state index contributed by atoms with van der Waals surface area (Å²) in [6, 6.07) is 3.33. The average Bonchev–Trinajstić information content (AvgIpc) is 2.48. The molecule has 6 heteroatoms. The molecule has 0 aliphatic carbocycles. The fourth-order valence-electron chi connectivity index (χ4n) is 2.38. The molecule has 0 radical (unpaired) electrons. The largest absolute Gasteiger partial charge is 0.496 e. The fourth-order valence-corrected chi connectivity index (χ4v) is 2.70. The Balaban J connectivity index is 2.00. The molecule has 1 aliphatic heterocycles. The molecule has 1 aromatic carbocycles. The van der Waals surface area contributed by atoms with Crippen molar-refractivity contribution < 1.29 is 9.84 Å². The molecular weight excluding hydrogens is 299 g/mol. The summed E-state index contributed by atoms with van der Waals surface area (Å²) in [7, 11) is 1.56. The summed E-state index contributed by atoms with van der Waals surface area (Å²) < 4.78 is 5.27. The van der Waals surface area contributed by atoms with Gasteiger partial charge in [0.25, 0.3) is 0 Å². The van der Waals surface area contributed by atoms with Gasteiger partial charge in [-0.2, -0.15) is 0 Å². The van der Waals surface area contributed by atoms with Crippen LogP contribution in [0.1, 0.15) is 18.1 Å². The number of rotatable bonds is 5. The molecule has 1 atom stereocenters. The number of nitrogens with zero attached hydrogens (tertiary/aromatic N) is 1. The Kier molecular flexibility index (Phi) is 5.93. The van der Waals surface area contributed by atoms with Crippen LogP contribution in [0.15, 0.2) is 12.1 Å². The Morgan fingerprint density at radius 1 is 1.30 bits per heavy atom. The molecule has 20 heavy (non-hydrogen) atoms. The molecule has 1 aromatic rings. The lowest BCUT2D eigenvalue weighted by Crippen LogP contribution is -2.44. The molecule has 0 aromatic heterocycles. The van der Waals surface area contributed by atoms with Gasteiger partial charge in [-0.05, 0) is 12.5 Å². The highest BCUT2D eigenvalue weighted by Gasteiger charge is 2.18. The molecule has 1 aliphatic rings. The summed E-state index contributed by atoms with van der Waals surface area (Å²) >= 11 is 12.0. The van der Waals surface area contributed by atoms with Gasteiger partial charge in [-0.3, -0.25) is 0 Å². The molecule has 0 bridgehead atoms. The fraction of sp³-hybridized carbons (Fsp3) is 0.571. The van der Waals surface area contributed by atoms with Crippen molar-refractivity contribution in [2.45, 2.75) is 12.5 Å². The molecular formula is C14H20Cl2N2O2. The van der Waals surface area contributed by atoms with Crippen LogP contribution in [0.2, 0.25) is 10.0 Å². The number of aliphatic hydroxyl groups is 1. The number of hydrogen-bond acceptors (Lipinski definition) is 4. The lowest BCUT2D eigenvalue weighted by Gasteiger charge is -2.28. The maximum absolute atomic E-state index is 10.4. The van der Waals surface area contributed by atoms with Crippen molar-refractivity contribution in [1.29, 1.82) is 0 Å². The van der Waals surface area contributed by atoms with E-state index >= 15 is 0 Å². The SMILES string of the molecule is COc1cc(Cl)c(Cl)cc1C(O)CCN1CCNCC1. The van der Waals surface area contributed by atoms with E-state index < -0.39 is 6.10 Å². The summed E-state index contributed by atoms with van der Waals surface area (Å²) in [5.74, 6) is 0.576. The van der Waals surface area contributed by atoms with Crippen molar-refractivity contribution in [1.82, 2.24) is 10.2 Å². The van der Waals surface area contributed by atoms with E-state index in [0.717, 1.165) is 32.7 Å². The minimum Gasteiger partial charge on any atom is -0.496 e. The third-order valence-electron chi connectivity index (χ3n) is 3.56. The van der Waals surface area contributed by atoms with Crippen molar-refractivity contribution in [3.8, 4) is 5.75 Å². The van der Waals surface area contributed by atoms with Gasteiger partial charge in [0.15, 0.2) is 0 Å². The van der Waals surface area contributed by atoms with Gasteiger partial charge in [0.1, 0.15) is 5.75 Å². The molecule has 2 rings (SSSR count). The number of ether oxygens (including phenoxy) is 1. The van der Waals surface area contributed by atoms with E-state index in [2.05, 4.69) is 10.2 Å². The van der Waals surface area contributed by atoms with Crippen LogP contribution < -0.4 is 10.1 Å². The zero-order valence-corrected chi connectivity index (χ0v) is 13.0. The first-order valence-electron chi connectivity index (χ1n) is 6.76. The summed E-state index contributed by atoms with van der Waals surface area (Å²) in [6.07, 6.45) is 0.0449. The van der Waals surface area contributed by atoms with E-state index in [0.29, 0.717) is 27.8 Å². The van der Waals surface area contributed by atoms with Crippen molar-refractivity contribution in [2.24, 2.45) is 0 Å². The van der Waals surface area contributed by atoms with Crippen LogP contribution in [0.4, 0.5) is 0 Å². The maximum atomic E-state index is 10.4. The molecule has 1 unspecified atom stereocenters. The highest BCUT2D eigenvalue weighted by atomic mass is 35.5. The highest BCUT2D eigenvalue weighted by Crippen LogP contribution is 2.35. The third kappa shape index (κ3) is 3.99. The second kappa shape index (κ2) is 7.48. The van der Waals surface area contributed by atoms with Gasteiger partial charge in [-0.15, -0.1) is 0 Å². The smallest absolute Gasteiger partial charge is 0.126 e. The second-order valence-electron chi connectivity index (χ2n) is 4.90. The van der Waals surface area contributed by atoms with Crippen LogP contribution in [-0.2, 0) is 0 Å². The first-order valence-corrected chi connectivity index (χ1v) is 7.51. The summed E-state index contributed by atoms with van der Waals surface area (Å²) in [5.41, 5.74) is 0.692. The van der Waals surface area contributed by atoms with Crippen molar-refractivity contribution in [3.63, 3.8) is 0 Å². The summed E-state index contributed by atoms with van der Waals surface area (Å²) in [5, 5.41) is 14.5. The van der Waals surface area contributed by atoms with E-state index in [9.17, 15) is 5.11 Å². The van der Waals surface area contributed by atoms with E-state index in [1.165, 1.54) is 0 Å². The van der Waals surface area contributed by atoms with Crippen LogP contribution >= 0.6 is 23.2 Å². The molecule has 1 saturated heterocycles. The highest BCUT2D eigenvalue weighted by molar-refractivity contribution is 6.42.